The van der Waals surface area contributed by atoms with Crippen LogP contribution >= 0.6 is 0 Å². The Bertz CT molecular complexity index is 178. The topological polar surface area (TPSA) is 46.2 Å². The van der Waals surface area contributed by atoms with Gasteiger partial charge < -0.3 is 10.8 Å². The van der Waals surface area contributed by atoms with Crippen LogP contribution in [0.4, 0.5) is 0 Å². The second-order valence-corrected chi connectivity index (χ2v) is 4.94. The van der Waals surface area contributed by atoms with Crippen LogP contribution in [0.5, 0.6) is 0 Å². The molecule has 0 spiro atoms. The molecule has 0 aliphatic carbocycles. The summed E-state index contributed by atoms with van der Waals surface area (Å²) in [5.41, 5.74) is 5.19. The lowest BCUT2D eigenvalue weighted by molar-refractivity contribution is 0.378. The quantitative estimate of drug-likeness (QED) is 0.371. The van der Waals surface area contributed by atoms with E-state index in [1.54, 1.807) is 0 Å². The molecular weight excluding hydrogens is 210 g/mol. The Balaban J connectivity index is 2.99. The summed E-state index contributed by atoms with van der Waals surface area (Å²) in [7, 11) is 0. The van der Waals surface area contributed by atoms with Crippen molar-refractivity contribution in [2.24, 2.45) is 5.73 Å². The summed E-state index contributed by atoms with van der Waals surface area (Å²) in [6, 6.07) is 0. The van der Waals surface area contributed by atoms with E-state index in [1.165, 1.54) is 70.4 Å². The van der Waals surface area contributed by atoms with E-state index < -0.39 is 0 Å². The summed E-state index contributed by atoms with van der Waals surface area (Å²) in [5.74, 6) is 0.334. The van der Waals surface area contributed by atoms with Crippen molar-refractivity contribution in [1.82, 2.24) is 0 Å². The lowest BCUT2D eigenvalue weighted by atomic mass is 10.1. The maximum Gasteiger partial charge on any atom is 0.108 e. The van der Waals surface area contributed by atoms with Gasteiger partial charge in [0.05, 0.1) is 0 Å². The van der Waals surface area contributed by atoms with E-state index in [9.17, 15) is 0 Å². The average Bonchev–Trinajstić information content (AvgIpc) is 2.35. The summed E-state index contributed by atoms with van der Waals surface area (Å²) >= 11 is 0. The molecule has 0 radical (unpaired) electrons. The van der Waals surface area contributed by atoms with E-state index in [1.807, 2.05) is 0 Å². The highest BCUT2D eigenvalue weighted by Gasteiger charge is 1.94. The Kier molecular flexibility index (Phi) is 12.9. The Morgan fingerprint density at radius 2 is 1.24 bits per heavy atom. The molecule has 0 rings (SSSR count). The number of allylic oxidation sites excluding steroid dienone is 1. The monoisotopic (exact) mass is 241 g/mol. The molecule has 0 aromatic heterocycles. The first-order chi connectivity index (χ1) is 8.31. The molecule has 0 unspecified atom stereocenters. The van der Waals surface area contributed by atoms with Gasteiger partial charge in [0, 0.05) is 12.6 Å². The summed E-state index contributed by atoms with van der Waals surface area (Å²) in [5, 5.41) is 9.14. The normalized spacial score (nSPS) is 11.9. The zero-order chi connectivity index (χ0) is 12.8. The number of rotatable bonds is 12. The van der Waals surface area contributed by atoms with Crippen LogP contribution in [0, 0.1) is 0 Å². The fourth-order valence-corrected chi connectivity index (χ4v) is 2.05. The average molecular weight is 241 g/mol. The standard InChI is InChI=1S/C15H31NO/c1-2-3-4-5-6-7-8-9-10-11-12-13-15(17)14-16/h14,17H,2-13,16H2,1H3/b15-14-. The largest absolute Gasteiger partial charge is 0.511 e. The predicted octanol–water partition coefficient (Wildman–Crippen LogP) is 5.05. The van der Waals surface area contributed by atoms with Gasteiger partial charge in [-0.3, -0.25) is 0 Å². The summed E-state index contributed by atoms with van der Waals surface area (Å²) in [6.07, 6.45) is 16.7. The highest BCUT2D eigenvalue weighted by Crippen LogP contribution is 2.12. The number of aliphatic hydroxyl groups excluding tert-OH is 1. The molecule has 2 heteroatoms. The zero-order valence-corrected chi connectivity index (χ0v) is 11.6. The van der Waals surface area contributed by atoms with Crippen LogP contribution in [0.1, 0.15) is 84.0 Å². The van der Waals surface area contributed by atoms with Crippen molar-refractivity contribution < 1.29 is 5.11 Å². The third-order valence-electron chi connectivity index (χ3n) is 3.23. The minimum absolute atomic E-state index is 0.334. The van der Waals surface area contributed by atoms with E-state index in [0.717, 1.165) is 12.8 Å². The number of aliphatic hydroxyl groups is 1. The van der Waals surface area contributed by atoms with Gasteiger partial charge in [-0.25, -0.2) is 0 Å². The predicted molar refractivity (Wildman–Crippen MR) is 76.0 cm³/mol. The molecule has 0 atom stereocenters. The van der Waals surface area contributed by atoms with Crippen LogP contribution in [0.3, 0.4) is 0 Å². The van der Waals surface area contributed by atoms with Gasteiger partial charge in [-0.1, -0.05) is 71.1 Å². The molecule has 0 heterocycles. The minimum Gasteiger partial charge on any atom is -0.511 e. The maximum absolute atomic E-state index is 9.14. The lowest BCUT2D eigenvalue weighted by Gasteiger charge is -2.02. The van der Waals surface area contributed by atoms with Gasteiger partial charge in [0.1, 0.15) is 5.76 Å². The van der Waals surface area contributed by atoms with Gasteiger partial charge in [-0.15, -0.1) is 0 Å². The van der Waals surface area contributed by atoms with Crippen LogP contribution in [0.2, 0.25) is 0 Å². The van der Waals surface area contributed by atoms with Gasteiger partial charge in [0.25, 0.3) is 0 Å². The van der Waals surface area contributed by atoms with Crippen LogP contribution in [-0.4, -0.2) is 5.11 Å². The van der Waals surface area contributed by atoms with E-state index >= 15 is 0 Å². The fourth-order valence-electron chi connectivity index (χ4n) is 2.05. The number of hydrogen-bond donors (Lipinski definition) is 2. The Morgan fingerprint density at radius 3 is 1.65 bits per heavy atom. The van der Waals surface area contributed by atoms with Crippen molar-refractivity contribution >= 4 is 0 Å². The first kappa shape index (κ1) is 16.3. The number of nitrogens with two attached hydrogens (primary N) is 1. The molecule has 0 aliphatic rings. The number of unbranched alkanes of at least 4 members (excludes halogenated alkanes) is 10. The van der Waals surface area contributed by atoms with Gasteiger partial charge >= 0.3 is 0 Å². The van der Waals surface area contributed by atoms with Crippen molar-refractivity contribution in [3.63, 3.8) is 0 Å². The van der Waals surface area contributed by atoms with Crippen LogP contribution in [0.25, 0.3) is 0 Å². The third-order valence-corrected chi connectivity index (χ3v) is 3.23. The Hall–Kier alpha value is -0.660. The van der Waals surface area contributed by atoms with Gasteiger partial charge in [0.2, 0.25) is 0 Å². The van der Waals surface area contributed by atoms with E-state index in [-0.39, 0.29) is 0 Å². The minimum atomic E-state index is 0.334. The third kappa shape index (κ3) is 13.3. The molecular formula is C15H31NO. The fraction of sp³-hybridized carbons (Fsp3) is 0.867. The van der Waals surface area contributed by atoms with Gasteiger partial charge in [-0.2, -0.15) is 0 Å². The van der Waals surface area contributed by atoms with Crippen LogP contribution in [0.15, 0.2) is 12.0 Å². The molecule has 0 bridgehead atoms. The van der Waals surface area contributed by atoms with Gasteiger partial charge in [0.15, 0.2) is 0 Å². The zero-order valence-electron chi connectivity index (χ0n) is 11.6. The molecule has 0 saturated carbocycles. The Labute approximate surface area is 107 Å². The van der Waals surface area contributed by atoms with Crippen LogP contribution in [-0.2, 0) is 0 Å². The molecule has 2 nitrogen and oxygen atoms in total. The molecule has 17 heavy (non-hydrogen) atoms. The SMILES string of the molecule is CCCCCCCCCCCCC/C(O)=C/N. The van der Waals surface area contributed by atoms with Crippen molar-refractivity contribution in [3.05, 3.63) is 12.0 Å². The first-order valence-corrected chi connectivity index (χ1v) is 7.41. The summed E-state index contributed by atoms with van der Waals surface area (Å²) < 4.78 is 0. The molecule has 0 aromatic carbocycles. The second kappa shape index (κ2) is 13.4. The summed E-state index contributed by atoms with van der Waals surface area (Å²) in [4.78, 5) is 0. The maximum atomic E-state index is 9.14. The van der Waals surface area contributed by atoms with Gasteiger partial charge in [-0.05, 0) is 6.42 Å². The van der Waals surface area contributed by atoms with Crippen molar-refractivity contribution in [3.8, 4) is 0 Å². The summed E-state index contributed by atoms with van der Waals surface area (Å²) in [6.45, 7) is 2.26. The molecule has 0 aliphatic heterocycles. The highest BCUT2D eigenvalue weighted by molar-refractivity contribution is 4.85. The molecule has 3 N–H and O–H groups in total. The van der Waals surface area contributed by atoms with Crippen LogP contribution < -0.4 is 5.73 Å². The second-order valence-electron chi connectivity index (χ2n) is 4.94. The van der Waals surface area contributed by atoms with Crippen molar-refractivity contribution in [2.45, 2.75) is 84.0 Å². The van der Waals surface area contributed by atoms with Crippen molar-refractivity contribution in [2.75, 3.05) is 0 Å². The molecule has 0 aromatic rings. The molecule has 0 fully saturated rings. The first-order valence-electron chi connectivity index (χ1n) is 7.41. The van der Waals surface area contributed by atoms with E-state index in [0.29, 0.717) is 5.76 Å². The number of hydrogen-bond acceptors (Lipinski definition) is 2. The lowest BCUT2D eigenvalue weighted by Crippen LogP contribution is -1.88. The smallest absolute Gasteiger partial charge is 0.108 e. The van der Waals surface area contributed by atoms with E-state index in [2.05, 4.69) is 6.92 Å². The van der Waals surface area contributed by atoms with Crippen molar-refractivity contribution in [1.29, 1.82) is 0 Å². The highest BCUT2D eigenvalue weighted by atomic mass is 16.3. The molecule has 0 saturated heterocycles. The van der Waals surface area contributed by atoms with E-state index in [4.69, 9.17) is 10.8 Å². The molecule has 0 amide bonds. The Morgan fingerprint density at radius 1 is 0.824 bits per heavy atom. The molecule has 102 valence electrons.